The van der Waals surface area contributed by atoms with Gasteiger partial charge in [0.25, 0.3) is 0 Å². The minimum Gasteiger partial charge on any atom is -0.540 e. The fourth-order valence-electron chi connectivity index (χ4n) is 3.97. The first-order chi connectivity index (χ1) is 40.6. The molecule has 0 fully saturated rings. The largest absolute Gasteiger partial charge is 0.540 e. The molecule has 0 aliphatic heterocycles. The van der Waals surface area contributed by atoms with E-state index in [0.717, 1.165) is 48.9 Å². The van der Waals surface area contributed by atoms with E-state index in [1.54, 1.807) is 54.9 Å². The summed E-state index contributed by atoms with van der Waals surface area (Å²) in [5.74, 6) is 0.583. The summed E-state index contributed by atoms with van der Waals surface area (Å²) in [5.41, 5.74) is 15.5. The van der Waals surface area contributed by atoms with E-state index in [4.69, 9.17) is 27.4 Å². The SMILES string of the molecule is CNC(CSSc1ncccc1[N+](=O)[O-])C(=O)O.CNC([C-]=O)CSSP.CNC([C-]=O)CSSc1ncccc1[N+](=O)[O-].NC(CSSc1ncccc1[N+](=O)[O-])C(=O)O.NC([C-]=O)CSSP.NC([C-]=O)CSSc1ncccc1[N+](=O)[O-].[CH3-].[CH3-].[CH3-].[CH3-].[Y].[Y].[Y].[Y]. The van der Waals surface area contributed by atoms with Crippen molar-refractivity contribution in [1.82, 2.24) is 35.9 Å². The molecule has 514 valence electrons. The van der Waals surface area contributed by atoms with E-state index in [1.165, 1.54) is 138 Å². The number of carbonyl (C=O) groups excluding carboxylic acids is 4. The number of carbonyl (C=O) groups is 2. The third-order valence-electron chi connectivity index (χ3n) is 8.17. The number of carboxylic acid groups (broad SMARTS) is 2. The molecule has 8 atom stereocenters. The summed E-state index contributed by atoms with van der Waals surface area (Å²) < 4.78 is 0. The van der Waals surface area contributed by atoms with Gasteiger partial charge in [0, 0.05) is 191 Å². The first kappa shape index (κ1) is 115. The summed E-state index contributed by atoms with van der Waals surface area (Å²) in [6, 6.07) is 8.16. The van der Waals surface area contributed by atoms with Crippen molar-refractivity contribution in [3.05, 3.63) is 143 Å². The van der Waals surface area contributed by atoms with Crippen molar-refractivity contribution in [1.29, 1.82) is 0 Å². The Hall–Kier alpha value is 1.06. The van der Waals surface area contributed by atoms with Crippen molar-refractivity contribution in [2.75, 3.05) is 55.7 Å². The molecule has 0 aromatic carbocycles. The Balaban J connectivity index is -0.000000111. The van der Waals surface area contributed by atoms with Crippen molar-refractivity contribution < 1.29 is 190 Å². The number of likely N-dealkylation sites (N-methyl/N-ethyl adjacent to an activating group) is 3. The minimum absolute atomic E-state index is 0. The molecule has 11 N–H and O–H groups in total. The molecule has 8 unspecified atom stereocenters. The number of hydrogen-bond donors (Lipinski definition) is 8. The second kappa shape index (κ2) is 75.7. The van der Waals surface area contributed by atoms with Crippen LogP contribution in [0.15, 0.2) is 93.4 Å². The van der Waals surface area contributed by atoms with Gasteiger partial charge in [0.2, 0.25) is 0 Å². The summed E-state index contributed by atoms with van der Waals surface area (Å²) in [6.45, 7) is 0. The maximum absolute atomic E-state index is 10.7. The van der Waals surface area contributed by atoms with E-state index in [2.05, 4.69) is 52.8 Å². The number of aromatic nitrogens is 4. The van der Waals surface area contributed by atoms with Crippen LogP contribution < -0.4 is 33.2 Å². The van der Waals surface area contributed by atoms with Gasteiger partial charge in [0.1, 0.15) is 12.1 Å². The summed E-state index contributed by atoms with van der Waals surface area (Å²) in [7, 11) is 25.5. The molecule has 0 saturated carbocycles. The van der Waals surface area contributed by atoms with Crippen molar-refractivity contribution in [2.24, 2.45) is 17.2 Å². The van der Waals surface area contributed by atoms with E-state index in [-0.39, 0.29) is 217 Å². The molecule has 0 aliphatic rings. The number of nitrogens with one attached hydrogen (secondary N) is 3. The molecule has 4 rings (SSSR count). The zero-order valence-electron chi connectivity index (χ0n) is 50.4. The summed E-state index contributed by atoms with van der Waals surface area (Å²) in [5, 5.41) is 69.4. The molecule has 48 heteroatoms. The van der Waals surface area contributed by atoms with Gasteiger partial charge in [-0.15, -0.1) is 0 Å². The summed E-state index contributed by atoms with van der Waals surface area (Å²) >= 11 is 0. The average Bonchev–Trinajstić information content (AvgIpc) is 1.54. The molecular weight excluding hydrogens is 1790 g/mol. The Labute approximate surface area is 693 Å². The number of nitrogens with two attached hydrogens (primary N) is 3. The number of carboxylic acids is 2. The van der Waals surface area contributed by atoms with Gasteiger partial charge >= 0.3 is 34.7 Å². The smallest absolute Gasteiger partial charge is 0.321 e. The normalized spacial score (nSPS) is 11.2. The molecule has 4 aromatic rings. The van der Waals surface area contributed by atoms with Crippen LogP contribution in [0.5, 0.6) is 0 Å². The van der Waals surface area contributed by atoms with Gasteiger partial charge in [-0.05, 0) is 112 Å². The van der Waals surface area contributed by atoms with E-state index in [0.29, 0.717) is 27.3 Å². The van der Waals surface area contributed by atoms with Crippen LogP contribution in [0.1, 0.15) is 0 Å². The standard InChI is InChI=1S/C9H11N3O4S2.C9H10N3O3S2.C8H9N3O4S2.C8H8N3O3S2.C4H9NOPS2.C3H7NOPS2.4CH3.4Y/c1-10-6(9(13)14)5-17-18-8-7(12(15)16)3-2-4-11-8;1-10-7(5-13)6-16-17-9-8(12(14)15)3-2-4-11-9;9-5(8(12)13)4-16-17-7-6(11(14)15)2-1-3-10-7;9-6(4-12)5-15-16-8-7(11(13)14)2-1-3-10-8;1-5-4(2-6)3-8-9-7;4-3(1-5)2-7-8-6;;;;;;;;/h2-4,6,10H,5H2,1H3,(H,13,14);2-4,7,10H,6H2,1H3;1-3,5H,4,9H2,(H,12,13);1-3,6H,5,9H2;4-5H,3,7H2,1H3;3H,2,4,6H2;4*1H3;;;;/q;-1;;7*-1;;;;. The quantitative estimate of drug-likeness (QED) is 0.00704. The van der Waals surface area contributed by atoms with E-state index in [1.807, 2.05) is 12.6 Å². The Morgan fingerprint density at radius 3 is 0.989 bits per heavy atom. The van der Waals surface area contributed by atoms with Gasteiger partial charge < -0.3 is 92.2 Å². The molecule has 0 amide bonds. The number of pyridine rings is 4. The monoisotopic (exact) mass is 1860 g/mol. The molecule has 0 aliphatic carbocycles. The van der Waals surface area contributed by atoms with Gasteiger partial charge in [0.05, 0.1) is 19.7 Å². The molecule has 30 nitrogen and oxygen atoms in total. The fraction of sp³-hybridized carbons (Fsp3) is 0.333. The van der Waals surface area contributed by atoms with Crippen LogP contribution in [0.2, 0.25) is 0 Å². The Bertz CT molecular complexity index is 2620. The number of nitrogens with zero attached hydrogens (tertiary/aromatic N) is 8. The Morgan fingerprint density at radius 1 is 0.473 bits per heavy atom. The molecule has 4 aromatic heterocycles. The maximum Gasteiger partial charge on any atom is 0.321 e. The zero-order chi connectivity index (χ0) is 64.5. The molecule has 4 radical (unpaired) electrons. The third-order valence-corrected chi connectivity index (χ3v) is 22.7. The van der Waals surface area contributed by atoms with E-state index in [9.17, 15) is 69.2 Å². The van der Waals surface area contributed by atoms with Crippen LogP contribution >= 0.6 is 146 Å². The predicted molar refractivity (Wildman–Crippen MR) is 383 cm³/mol. The average molecular weight is 1860 g/mol. The van der Waals surface area contributed by atoms with E-state index >= 15 is 0 Å². The third kappa shape index (κ3) is 58.3. The molecular formula is C45H66N14O16P2S12Y4-8. The first-order valence-electron chi connectivity index (χ1n) is 22.3. The number of hydrogen-bond acceptors (Lipinski definition) is 36. The van der Waals surface area contributed by atoms with E-state index < -0.39 is 55.8 Å². The zero-order valence-corrected chi connectivity index (χ0v) is 73.9. The van der Waals surface area contributed by atoms with Crippen LogP contribution in [0.4, 0.5) is 22.7 Å². The number of rotatable bonds is 35. The Morgan fingerprint density at radius 2 is 0.742 bits per heavy atom. The van der Waals surface area contributed by atoms with Gasteiger partial charge in [-0.3, -0.25) is 50.0 Å². The van der Waals surface area contributed by atoms with Gasteiger partial charge in [-0.2, -0.15) is 0 Å². The van der Waals surface area contributed by atoms with Crippen molar-refractivity contribution >= 4 is 205 Å². The fourth-order valence-corrected chi connectivity index (χ4v) is 16.2. The van der Waals surface area contributed by atoms with Gasteiger partial charge in [-0.1, -0.05) is 127 Å². The van der Waals surface area contributed by atoms with Crippen LogP contribution in [0.3, 0.4) is 0 Å². The van der Waals surface area contributed by atoms with Gasteiger partial charge in [-0.25, -0.2) is 45.1 Å². The molecule has 0 spiro atoms. The number of nitro groups is 4. The first-order valence-corrected chi connectivity index (χ1v) is 39.2. The van der Waals surface area contributed by atoms with Crippen LogP contribution in [0, 0.1) is 70.2 Å². The summed E-state index contributed by atoms with van der Waals surface area (Å²) in [4.78, 5) is 118. The van der Waals surface area contributed by atoms with Crippen LogP contribution in [0.25, 0.3) is 0 Å². The van der Waals surface area contributed by atoms with Crippen molar-refractivity contribution in [3.63, 3.8) is 0 Å². The van der Waals surface area contributed by atoms with Crippen molar-refractivity contribution in [2.45, 2.75) is 56.4 Å². The number of aliphatic carboxylic acids is 2. The summed E-state index contributed by atoms with van der Waals surface area (Å²) in [6.07, 6.45) is 12.9. The maximum atomic E-state index is 10.7. The second-order valence-corrected chi connectivity index (χ2v) is 30.9. The van der Waals surface area contributed by atoms with Crippen LogP contribution in [-0.2, 0) is 160 Å². The molecule has 0 saturated heterocycles. The van der Waals surface area contributed by atoms with Gasteiger partial charge in [0.15, 0.2) is 20.1 Å². The predicted octanol–water partition coefficient (Wildman–Crippen LogP) is 8.38. The van der Waals surface area contributed by atoms with Crippen molar-refractivity contribution in [3.8, 4) is 0 Å². The topological polar surface area (TPSA) is 481 Å². The minimum atomic E-state index is -1.10. The molecule has 0 bridgehead atoms. The Kier molecular flexibility index (Phi) is 93.8. The molecule has 93 heavy (non-hydrogen) atoms. The molecule has 4 heterocycles. The second-order valence-electron chi connectivity index (χ2n) is 14.1. The van der Waals surface area contributed by atoms with Crippen LogP contribution in [-0.4, -0.2) is 179 Å².